The van der Waals surface area contributed by atoms with Crippen molar-refractivity contribution in [1.82, 2.24) is 9.97 Å². The molecule has 0 aliphatic carbocycles. The van der Waals surface area contributed by atoms with Crippen LogP contribution in [-0.4, -0.2) is 21.0 Å². The van der Waals surface area contributed by atoms with Gasteiger partial charge in [0, 0.05) is 16.6 Å². The topological polar surface area (TPSA) is 63.1 Å². The Labute approximate surface area is 136 Å². The number of carbonyl (C=O) groups is 1. The number of aromatic carboxylic acids is 1. The summed E-state index contributed by atoms with van der Waals surface area (Å²) in [7, 11) is 0. The van der Waals surface area contributed by atoms with E-state index in [2.05, 4.69) is 25.9 Å². The molecule has 0 unspecified atom stereocenters. The molecule has 2 rings (SSSR count). The highest BCUT2D eigenvalue weighted by Crippen LogP contribution is 2.27. The monoisotopic (exact) mass is 366 g/mol. The standard InChI is InChI=1S/C15H15BrN2O2S/c1-3-12-17-9(2)13(15(19)20)14(18-12)21-8-10-4-6-11(16)7-5-10/h4-7H,3,8H2,1-2H3,(H,19,20). The lowest BCUT2D eigenvalue weighted by Gasteiger charge is -2.09. The van der Waals surface area contributed by atoms with Gasteiger partial charge >= 0.3 is 5.97 Å². The van der Waals surface area contributed by atoms with E-state index in [1.807, 2.05) is 31.2 Å². The first-order chi connectivity index (χ1) is 10.0. The zero-order valence-corrected chi connectivity index (χ0v) is 14.2. The van der Waals surface area contributed by atoms with Crippen molar-refractivity contribution in [2.45, 2.75) is 31.0 Å². The molecule has 0 spiro atoms. The molecule has 1 heterocycles. The zero-order chi connectivity index (χ0) is 15.4. The first-order valence-electron chi connectivity index (χ1n) is 6.49. The van der Waals surface area contributed by atoms with Crippen molar-refractivity contribution in [2.24, 2.45) is 0 Å². The molecule has 0 saturated carbocycles. The molecule has 0 bridgehead atoms. The Balaban J connectivity index is 2.27. The number of rotatable bonds is 5. The summed E-state index contributed by atoms with van der Waals surface area (Å²) < 4.78 is 1.02. The SMILES string of the molecule is CCc1nc(C)c(C(=O)O)c(SCc2ccc(Br)cc2)n1. The lowest BCUT2D eigenvalue weighted by atomic mass is 10.2. The average molecular weight is 367 g/mol. The molecule has 110 valence electrons. The molecule has 0 fully saturated rings. The minimum atomic E-state index is -0.978. The third-order valence-corrected chi connectivity index (χ3v) is 4.50. The number of halogens is 1. The highest BCUT2D eigenvalue weighted by atomic mass is 79.9. The molecule has 0 aliphatic rings. The second-order valence-electron chi connectivity index (χ2n) is 4.48. The van der Waals surface area contributed by atoms with Crippen molar-refractivity contribution >= 4 is 33.7 Å². The van der Waals surface area contributed by atoms with Crippen molar-refractivity contribution < 1.29 is 9.90 Å². The van der Waals surface area contributed by atoms with Crippen molar-refractivity contribution in [3.8, 4) is 0 Å². The smallest absolute Gasteiger partial charge is 0.340 e. The molecule has 1 aromatic heterocycles. The van der Waals surface area contributed by atoms with Crippen molar-refractivity contribution in [3.63, 3.8) is 0 Å². The first-order valence-corrected chi connectivity index (χ1v) is 8.27. The molecular weight excluding hydrogens is 352 g/mol. The Hall–Kier alpha value is -1.40. The average Bonchev–Trinajstić information content (AvgIpc) is 2.45. The van der Waals surface area contributed by atoms with Crippen LogP contribution in [0.3, 0.4) is 0 Å². The molecule has 6 heteroatoms. The number of benzene rings is 1. The van der Waals surface area contributed by atoms with Crippen LogP contribution in [0.2, 0.25) is 0 Å². The number of hydrogen-bond donors (Lipinski definition) is 1. The molecule has 0 radical (unpaired) electrons. The molecule has 2 aromatic rings. The Morgan fingerprint density at radius 2 is 1.95 bits per heavy atom. The highest BCUT2D eigenvalue weighted by molar-refractivity contribution is 9.10. The summed E-state index contributed by atoms with van der Waals surface area (Å²) >= 11 is 4.83. The molecular formula is C15H15BrN2O2S. The van der Waals surface area contributed by atoms with Crippen LogP contribution in [0.4, 0.5) is 0 Å². The van der Waals surface area contributed by atoms with E-state index < -0.39 is 5.97 Å². The minimum absolute atomic E-state index is 0.203. The first kappa shape index (κ1) is 16.0. The lowest BCUT2D eigenvalue weighted by Crippen LogP contribution is -2.09. The van der Waals surface area contributed by atoms with Crippen LogP contribution in [0.5, 0.6) is 0 Å². The van der Waals surface area contributed by atoms with E-state index >= 15 is 0 Å². The van der Waals surface area contributed by atoms with Gasteiger partial charge in [0.15, 0.2) is 0 Å². The fraction of sp³-hybridized carbons (Fsp3) is 0.267. The van der Waals surface area contributed by atoms with Gasteiger partial charge in [0.25, 0.3) is 0 Å². The van der Waals surface area contributed by atoms with Gasteiger partial charge in [-0.05, 0) is 24.6 Å². The fourth-order valence-corrected chi connectivity index (χ4v) is 3.15. The molecule has 0 atom stereocenters. The Morgan fingerprint density at radius 3 is 2.52 bits per heavy atom. The summed E-state index contributed by atoms with van der Waals surface area (Å²) in [5, 5.41) is 9.88. The summed E-state index contributed by atoms with van der Waals surface area (Å²) in [6.45, 7) is 3.67. The van der Waals surface area contributed by atoms with Gasteiger partial charge in [-0.3, -0.25) is 0 Å². The summed E-state index contributed by atoms with van der Waals surface area (Å²) in [4.78, 5) is 20.0. The quantitative estimate of drug-likeness (QED) is 0.637. The maximum Gasteiger partial charge on any atom is 0.340 e. The van der Waals surface area contributed by atoms with Gasteiger partial charge < -0.3 is 5.11 Å². The van der Waals surface area contributed by atoms with E-state index in [0.29, 0.717) is 28.7 Å². The summed E-state index contributed by atoms with van der Waals surface area (Å²) in [5.41, 5.74) is 1.84. The van der Waals surface area contributed by atoms with Gasteiger partial charge in [-0.15, -0.1) is 11.8 Å². The number of carboxylic acids is 1. The van der Waals surface area contributed by atoms with E-state index in [-0.39, 0.29) is 5.56 Å². The van der Waals surface area contributed by atoms with E-state index in [0.717, 1.165) is 10.0 Å². The third-order valence-electron chi connectivity index (χ3n) is 2.92. The molecule has 1 N–H and O–H groups in total. The van der Waals surface area contributed by atoms with Crippen LogP contribution in [-0.2, 0) is 12.2 Å². The second kappa shape index (κ2) is 7.04. The predicted molar refractivity (Wildman–Crippen MR) is 86.8 cm³/mol. The molecule has 0 amide bonds. The van der Waals surface area contributed by atoms with Crippen LogP contribution in [0.1, 0.15) is 34.4 Å². The van der Waals surface area contributed by atoms with Gasteiger partial charge in [0.05, 0.1) is 5.69 Å². The van der Waals surface area contributed by atoms with Gasteiger partial charge in [-0.25, -0.2) is 14.8 Å². The highest BCUT2D eigenvalue weighted by Gasteiger charge is 2.18. The maximum absolute atomic E-state index is 11.4. The number of aryl methyl sites for hydroxylation is 2. The largest absolute Gasteiger partial charge is 0.478 e. The molecule has 0 saturated heterocycles. The molecule has 0 aliphatic heterocycles. The number of carboxylic acid groups (broad SMARTS) is 1. The minimum Gasteiger partial charge on any atom is -0.478 e. The predicted octanol–water partition coefficient (Wildman–Crippen LogP) is 4.10. The van der Waals surface area contributed by atoms with E-state index in [9.17, 15) is 9.90 Å². The Bertz CT molecular complexity index is 659. The third kappa shape index (κ3) is 4.04. The number of hydrogen-bond acceptors (Lipinski definition) is 4. The van der Waals surface area contributed by atoms with Gasteiger partial charge in [0.2, 0.25) is 0 Å². The Morgan fingerprint density at radius 1 is 1.29 bits per heavy atom. The number of aromatic nitrogens is 2. The van der Waals surface area contributed by atoms with E-state index in [1.165, 1.54) is 11.8 Å². The molecule has 21 heavy (non-hydrogen) atoms. The van der Waals surface area contributed by atoms with Crippen LogP contribution < -0.4 is 0 Å². The second-order valence-corrected chi connectivity index (χ2v) is 6.36. The van der Waals surface area contributed by atoms with Gasteiger partial charge in [-0.1, -0.05) is 35.0 Å². The summed E-state index contributed by atoms with van der Waals surface area (Å²) in [6.07, 6.45) is 0.687. The lowest BCUT2D eigenvalue weighted by molar-refractivity contribution is 0.0690. The van der Waals surface area contributed by atoms with E-state index in [1.54, 1.807) is 6.92 Å². The number of thioether (sulfide) groups is 1. The van der Waals surface area contributed by atoms with Crippen molar-refractivity contribution in [1.29, 1.82) is 0 Å². The van der Waals surface area contributed by atoms with Crippen LogP contribution >= 0.6 is 27.7 Å². The van der Waals surface area contributed by atoms with Crippen LogP contribution in [0, 0.1) is 6.92 Å². The Kier molecular flexibility index (Phi) is 5.36. The fourth-order valence-electron chi connectivity index (χ4n) is 1.84. The van der Waals surface area contributed by atoms with Crippen molar-refractivity contribution in [3.05, 3.63) is 51.4 Å². The normalized spacial score (nSPS) is 10.6. The number of nitrogens with zero attached hydrogens (tertiary/aromatic N) is 2. The van der Waals surface area contributed by atoms with Gasteiger partial charge in [0.1, 0.15) is 16.4 Å². The summed E-state index contributed by atoms with van der Waals surface area (Å²) in [6, 6.07) is 7.95. The van der Waals surface area contributed by atoms with E-state index in [4.69, 9.17) is 0 Å². The van der Waals surface area contributed by atoms with Crippen LogP contribution in [0.25, 0.3) is 0 Å². The maximum atomic E-state index is 11.4. The zero-order valence-electron chi connectivity index (χ0n) is 11.8. The summed E-state index contributed by atoms with van der Waals surface area (Å²) in [5.74, 6) is 0.372. The van der Waals surface area contributed by atoms with Crippen LogP contribution in [0.15, 0.2) is 33.8 Å². The molecule has 4 nitrogen and oxygen atoms in total. The van der Waals surface area contributed by atoms with Gasteiger partial charge in [-0.2, -0.15) is 0 Å². The molecule has 1 aromatic carbocycles. The van der Waals surface area contributed by atoms with Crippen molar-refractivity contribution in [2.75, 3.05) is 0 Å².